The molecule has 0 fully saturated rings. The molecule has 0 saturated heterocycles. The first-order chi connectivity index (χ1) is 12.6. The lowest BCUT2D eigenvalue weighted by atomic mass is 9.93. The molecule has 0 aliphatic heterocycles. The van der Waals surface area contributed by atoms with Gasteiger partial charge in [-0.1, -0.05) is 13.8 Å². The summed E-state index contributed by atoms with van der Waals surface area (Å²) in [5, 5.41) is 13.8. The number of hydrogen-bond acceptors (Lipinski definition) is 4. The van der Waals surface area contributed by atoms with Crippen molar-refractivity contribution in [3.05, 3.63) is 18.0 Å². The highest BCUT2D eigenvalue weighted by molar-refractivity contribution is 5.79. The Morgan fingerprint density at radius 1 is 1.26 bits per heavy atom. The van der Waals surface area contributed by atoms with Gasteiger partial charge in [-0.3, -0.25) is 9.67 Å². The Labute approximate surface area is 163 Å². The van der Waals surface area contributed by atoms with Gasteiger partial charge in [-0.25, -0.2) is 4.79 Å². The van der Waals surface area contributed by atoms with Gasteiger partial charge in [-0.15, -0.1) is 0 Å². The fraction of sp³-hybridized carbons (Fsp3) is 0.737. The van der Waals surface area contributed by atoms with Crippen molar-refractivity contribution in [3.63, 3.8) is 0 Å². The Balaban J connectivity index is 2.55. The number of guanidine groups is 1. The predicted octanol–water partition coefficient (Wildman–Crippen LogP) is 2.21. The number of carbonyl (C=O) groups is 1. The summed E-state index contributed by atoms with van der Waals surface area (Å²) >= 11 is 0. The van der Waals surface area contributed by atoms with Gasteiger partial charge in [0, 0.05) is 33.4 Å². The largest absolute Gasteiger partial charge is 0.444 e. The Bertz CT molecular complexity index is 614. The predicted molar refractivity (Wildman–Crippen MR) is 109 cm³/mol. The van der Waals surface area contributed by atoms with Crippen molar-refractivity contribution in [1.82, 2.24) is 25.7 Å². The molecule has 0 aliphatic rings. The van der Waals surface area contributed by atoms with E-state index in [9.17, 15) is 4.79 Å². The van der Waals surface area contributed by atoms with Gasteiger partial charge in [-0.05, 0) is 45.6 Å². The zero-order valence-electron chi connectivity index (χ0n) is 17.8. The standard InChI is InChI=1S/C19H36N6O2/c1-8-19(9-2,24-17(26)27-18(3,4)5)14-22-16(20-6)21-11-10-15-12-23-25(7)13-15/h12-13H,8-11,14H2,1-7H3,(H,24,26)(H2,20,21,22). The number of amides is 1. The molecule has 8 heteroatoms. The minimum Gasteiger partial charge on any atom is -0.444 e. The smallest absolute Gasteiger partial charge is 0.408 e. The number of rotatable bonds is 8. The molecule has 0 radical (unpaired) electrons. The van der Waals surface area contributed by atoms with Crippen molar-refractivity contribution in [2.45, 2.75) is 65.0 Å². The average molecular weight is 381 g/mol. The SMILES string of the molecule is CCC(CC)(CNC(=NC)NCCc1cnn(C)c1)NC(=O)OC(C)(C)C. The molecule has 1 aromatic rings. The molecule has 3 N–H and O–H groups in total. The van der Waals surface area contributed by atoms with Crippen LogP contribution in [0.5, 0.6) is 0 Å². The van der Waals surface area contributed by atoms with Crippen molar-refractivity contribution < 1.29 is 9.53 Å². The average Bonchev–Trinajstić information content (AvgIpc) is 3.00. The lowest BCUT2D eigenvalue weighted by Gasteiger charge is -2.34. The third-order valence-electron chi connectivity index (χ3n) is 4.40. The molecule has 0 spiro atoms. The molecule has 154 valence electrons. The number of aliphatic imine (C=N–C) groups is 1. The van der Waals surface area contributed by atoms with E-state index in [0.717, 1.165) is 25.8 Å². The zero-order valence-corrected chi connectivity index (χ0v) is 17.8. The van der Waals surface area contributed by atoms with Gasteiger partial charge in [0.1, 0.15) is 5.60 Å². The van der Waals surface area contributed by atoms with Crippen molar-refractivity contribution in [3.8, 4) is 0 Å². The summed E-state index contributed by atoms with van der Waals surface area (Å²) in [5.41, 5.74) is 0.251. The van der Waals surface area contributed by atoms with Gasteiger partial charge < -0.3 is 20.7 Å². The summed E-state index contributed by atoms with van der Waals surface area (Å²) < 4.78 is 7.21. The monoisotopic (exact) mass is 380 g/mol. The first-order valence-electron chi connectivity index (χ1n) is 9.56. The molecule has 0 bridgehead atoms. The highest BCUT2D eigenvalue weighted by Gasteiger charge is 2.30. The van der Waals surface area contributed by atoms with Crippen molar-refractivity contribution in [2.75, 3.05) is 20.1 Å². The van der Waals surface area contributed by atoms with E-state index in [2.05, 4.69) is 39.9 Å². The molecule has 8 nitrogen and oxygen atoms in total. The van der Waals surface area contributed by atoms with Crippen LogP contribution in [-0.4, -0.2) is 53.1 Å². The van der Waals surface area contributed by atoms with Gasteiger partial charge >= 0.3 is 6.09 Å². The normalized spacial score (nSPS) is 12.6. The van der Waals surface area contributed by atoms with E-state index in [1.807, 2.05) is 40.2 Å². The van der Waals surface area contributed by atoms with Crippen LogP contribution in [0.3, 0.4) is 0 Å². The maximum atomic E-state index is 12.2. The van der Waals surface area contributed by atoms with Crippen LogP contribution in [0.4, 0.5) is 4.79 Å². The van der Waals surface area contributed by atoms with E-state index in [0.29, 0.717) is 12.5 Å². The Kier molecular flexibility index (Phi) is 8.59. The van der Waals surface area contributed by atoms with Crippen LogP contribution in [0.25, 0.3) is 0 Å². The number of aryl methyl sites for hydroxylation is 1. The number of ether oxygens (including phenoxy) is 1. The summed E-state index contributed by atoms with van der Waals surface area (Å²) in [6.07, 6.45) is 5.89. The lowest BCUT2D eigenvalue weighted by molar-refractivity contribution is 0.0448. The Morgan fingerprint density at radius 2 is 1.93 bits per heavy atom. The molecule has 1 aromatic heterocycles. The number of alkyl carbamates (subject to hydrolysis) is 1. The van der Waals surface area contributed by atoms with E-state index in [1.165, 1.54) is 5.56 Å². The quantitative estimate of drug-likeness (QED) is 0.475. The molecular formula is C19H36N6O2. The highest BCUT2D eigenvalue weighted by atomic mass is 16.6. The molecule has 1 amide bonds. The minimum atomic E-state index is -0.519. The second-order valence-corrected chi connectivity index (χ2v) is 7.74. The van der Waals surface area contributed by atoms with E-state index in [4.69, 9.17) is 4.74 Å². The van der Waals surface area contributed by atoms with E-state index in [1.54, 1.807) is 11.7 Å². The first kappa shape index (κ1) is 22.8. The van der Waals surface area contributed by atoms with Gasteiger partial charge in [0.15, 0.2) is 5.96 Å². The maximum Gasteiger partial charge on any atom is 0.408 e. The van der Waals surface area contributed by atoms with Crippen LogP contribution in [0.1, 0.15) is 53.0 Å². The lowest BCUT2D eigenvalue weighted by Crippen LogP contribution is -2.57. The van der Waals surface area contributed by atoms with E-state index >= 15 is 0 Å². The van der Waals surface area contributed by atoms with Crippen LogP contribution in [0.15, 0.2) is 17.4 Å². The number of aromatic nitrogens is 2. The third-order valence-corrected chi connectivity index (χ3v) is 4.40. The van der Waals surface area contributed by atoms with Gasteiger partial charge in [0.2, 0.25) is 0 Å². The Hall–Kier alpha value is -2.25. The zero-order chi connectivity index (χ0) is 20.5. The van der Waals surface area contributed by atoms with Gasteiger partial charge in [-0.2, -0.15) is 5.10 Å². The third kappa shape index (κ3) is 8.32. The van der Waals surface area contributed by atoms with Crippen LogP contribution in [0, 0.1) is 0 Å². The second-order valence-electron chi connectivity index (χ2n) is 7.74. The molecule has 0 saturated carbocycles. The van der Waals surface area contributed by atoms with Gasteiger partial charge in [0.05, 0.1) is 11.7 Å². The molecule has 0 aliphatic carbocycles. The second kappa shape index (κ2) is 10.2. The number of hydrogen-bond donors (Lipinski definition) is 3. The molecule has 27 heavy (non-hydrogen) atoms. The van der Waals surface area contributed by atoms with Crippen molar-refractivity contribution in [2.24, 2.45) is 12.0 Å². The van der Waals surface area contributed by atoms with Crippen molar-refractivity contribution in [1.29, 1.82) is 0 Å². The summed E-state index contributed by atoms with van der Waals surface area (Å²) in [6, 6.07) is 0. The summed E-state index contributed by atoms with van der Waals surface area (Å²) in [7, 11) is 3.64. The van der Waals surface area contributed by atoms with E-state index < -0.39 is 17.2 Å². The molecule has 0 aromatic carbocycles. The summed E-state index contributed by atoms with van der Waals surface area (Å²) in [6.45, 7) is 11.0. The van der Waals surface area contributed by atoms with Crippen LogP contribution in [-0.2, 0) is 18.2 Å². The van der Waals surface area contributed by atoms with Crippen LogP contribution >= 0.6 is 0 Å². The van der Waals surface area contributed by atoms with Crippen molar-refractivity contribution >= 4 is 12.1 Å². The van der Waals surface area contributed by atoms with E-state index in [-0.39, 0.29) is 0 Å². The topological polar surface area (TPSA) is 92.6 Å². The summed E-state index contributed by atoms with van der Waals surface area (Å²) in [5.74, 6) is 0.705. The highest BCUT2D eigenvalue weighted by Crippen LogP contribution is 2.16. The molecule has 1 heterocycles. The molecule has 0 unspecified atom stereocenters. The first-order valence-corrected chi connectivity index (χ1v) is 9.56. The number of nitrogens with one attached hydrogen (secondary N) is 3. The van der Waals surface area contributed by atoms with Crippen LogP contribution in [0.2, 0.25) is 0 Å². The fourth-order valence-electron chi connectivity index (χ4n) is 2.64. The number of carbonyl (C=O) groups excluding carboxylic acids is 1. The molecule has 0 atom stereocenters. The summed E-state index contributed by atoms with van der Waals surface area (Å²) in [4.78, 5) is 16.5. The fourth-order valence-corrected chi connectivity index (χ4v) is 2.64. The maximum absolute atomic E-state index is 12.2. The van der Waals surface area contributed by atoms with Crippen LogP contribution < -0.4 is 16.0 Å². The Morgan fingerprint density at radius 3 is 2.41 bits per heavy atom. The molecular weight excluding hydrogens is 344 g/mol. The number of nitrogens with zero attached hydrogens (tertiary/aromatic N) is 3. The molecule has 1 rings (SSSR count). The van der Waals surface area contributed by atoms with Gasteiger partial charge in [0.25, 0.3) is 0 Å². The minimum absolute atomic E-state index is 0.396.